The average Bonchev–Trinajstić information content (AvgIpc) is 2.68. The summed E-state index contributed by atoms with van der Waals surface area (Å²) >= 11 is 0. The number of anilines is 1. The summed E-state index contributed by atoms with van der Waals surface area (Å²) in [5, 5.41) is 16.7. The Morgan fingerprint density at radius 1 is 0.962 bits per heavy atom. The molecule has 0 bridgehead atoms. The quantitative estimate of drug-likeness (QED) is 0.552. The molecule has 1 aliphatic rings. The fourth-order valence-corrected chi connectivity index (χ4v) is 3.38. The van der Waals surface area contributed by atoms with Gasteiger partial charge >= 0.3 is 0 Å². The highest BCUT2D eigenvalue weighted by Crippen LogP contribution is 2.29. The Morgan fingerprint density at radius 3 is 2.42 bits per heavy atom. The van der Waals surface area contributed by atoms with Crippen LogP contribution in [0.5, 0.6) is 0 Å². The zero-order valence-electron chi connectivity index (χ0n) is 14.7. The van der Waals surface area contributed by atoms with Gasteiger partial charge in [-0.15, -0.1) is 0 Å². The summed E-state index contributed by atoms with van der Waals surface area (Å²) in [5.74, 6) is -1.03. The first-order valence-electron chi connectivity index (χ1n) is 9.03. The van der Waals surface area contributed by atoms with Crippen LogP contribution in [0.4, 0.5) is 5.69 Å². The SMILES string of the molecule is O=C(NCCCO)[C@@H]1CC=CC[C@H]1C(=O)Nc1cccc2ccccc12. The van der Waals surface area contributed by atoms with Gasteiger partial charge in [0.1, 0.15) is 0 Å². The Hall–Kier alpha value is -2.66. The van der Waals surface area contributed by atoms with Crippen molar-refractivity contribution in [2.45, 2.75) is 19.3 Å². The molecule has 0 saturated carbocycles. The molecule has 2 aromatic rings. The molecule has 0 spiro atoms. The van der Waals surface area contributed by atoms with Gasteiger partial charge < -0.3 is 15.7 Å². The summed E-state index contributed by atoms with van der Waals surface area (Å²) in [6, 6.07) is 13.7. The van der Waals surface area contributed by atoms with Crippen molar-refractivity contribution in [2.24, 2.45) is 11.8 Å². The van der Waals surface area contributed by atoms with E-state index in [1.165, 1.54) is 0 Å². The lowest BCUT2D eigenvalue weighted by Crippen LogP contribution is -2.41. The third-order valence-electron chi connectivity index (χ3n) is 4.79. The summed E-state index contributed by atoms with van der Waals surface area (Å²) in [6.45, 7) is 0.461. The van der Waals surface area contributed by atoms with Crippen molar-refractivity contribution in [1.82, 2.24) is 5.32 Å². The van der Waals surface area contributed by atoms with Gasteiger partial charge in [0.15, 0.2) is 0 Å². The molecule has 0 unspecified atom stereocenters. The second-order valence-corrected chi connectivity index (χ2v) is 6.54. The zero-order chi connectivity index (χ0) is 18.4. The molecule has 5 nitrogen and oxygen atoms in total. The monoisotopic (exact) mass is 352 g/mol. The van der Waals surface area contributed by atoms with Crippen LogP contribution in [-0.4, -0.2) is 30.1 Å². The van der Waals surface area contributed by atoms with Crippen LogP contribution in [0.3, 0.4) is 0 Å². The van der Waals surface area contributed by atoms with Crippen LogP contribution < -0.4 is 10.6 Å². The fourth-order valence-electron chi connectivity index (χ4n) is 3.38. The first-order valence-corrected chi connectivity index (χ1v) is 9.03. The number of benzene rings is 2. The maximum atomic E-state index is 12.9. The van der Waals surface area contributed by atoms with E-state index in [4.69, 9.17) is 5.11 Å². The highest BCUT2D eigenvalue weighted by Gasteiger charge is 2.34. The molecular weight excluding hydrogens is 328 g/mol. The molecule has 0 aliphatic heterocycles. The van der Waals surface area contributed by atoms with Crippen molar-refractivity contribution in [2.75, 3.05) is 18.5 Å². The van der Waals surface area contributed by atoms with Gasteiger partial charge in [-0.2, -0.15) is 0 Å². The van der Waals surface area contributed by atoms with E-state index in [2.05, 4.69) is 10.6 Å². The highest BCUT2D eigenvalue weighted by atomic mass is 16.3. The number of amides is 2. The van der Waals surface area contributed by atoms with E-state index in [0.717, 1.165) is 16.5 Å². The summed E-state index contributed by atoms with van der Waals surface area (Å²) in [4.78, 5) is 25.3. The van der Waals surface area contributed by atoms with Crippen molar-refractivity contribution in [3.63, 3.8) is 0 Å². The Kier molecular flexibility index (Phi) is 6.02. The predicted octanol–water partition coefficient (Wildman–Crippen LogP) is 2.86. The second kappa shape index (κ2) is 8.63. The number of hydrogen-bond acceptors (Lipinski definition) is 3. The number of hydrogen-bond donors (Lipinski definition) is 3. The van der Waals surface area contributed by atoms with Crippen molar-refractivity contribution in [1.29, 1.82) is 0 Å². The number of rotatable bonds is 6. The molecular formula is C21H24N2O3. The molecule has 0 aromatic heterocycles. The average molecular weight is 352 g/mol. The van der Waals surface area contributed by atoms with Gasteiger partial charge in [-0.05, 0) is 30.7 Å². The molecule has 136 valence electrons. The number of carbonyl (C=O) groups is 2. The van der Waals surface area contributed by atoms with E-state index in [1.54, 1.807) is 0 Å². The first kappa shape index (κ1) is 18.1. The Morgan fingerprint density at radius 2 is 1.65 bits per heavy atom. The largest absolute Gasteiger partial charge is 0.396 e. The van der Waals surface area contributed by atoms with Gasteiger partial charge in [0.25, 0.3) is 0 Å². The summed E-state index contributed by atoms with van der Waals surface area (Å²) < 4.78 is 0. The van der Waals surface area contributed by atoms with Gasteiger partial charge in [-0.1, -0.05) is 48.6 Å². The molecule has 5 heteroatoms. The molecule has 0 heterocycles. The van der Waals surface area contributed by atoms with Gasteiger partial charge in [0.2, 0.25) is 11.8 Å². The molecule has 2 aromatic carbocycles. The third kappa shape index (κ3) is 4.11. The van der Waals surface area contributed by atoms with Crippen LogP contribution in [0, 0.1) is 11.8 Å². The molecule has 1 aliphatic carbocycles. The van der Waals surface area contributed by atoms with Crippen molar-refractivity contribution < 1.29 is 14.7 Å². The molecule has 26 heavy (non-hydrogen) atoms. The zero-order valence-corrected chi connectivity index (χ0v) is 14.7. The first-order chi connectivity index (χ1) is 12.7. The molecule has 2 atom stereocenters. The van der Waals surface area contributed by atoms with Crippen LogP contribution in [0.25, 0.3) is 10.8 Å². The molecule has 2 amide bonds. The highest BCUT2D eigenvalue weighted by molar-refractivity contribution is 6.04. The molecule has 0 radical (unpaired) electrons. The van der Waals surface area contributed by atoms with Gasteiger partial charge in [0, 0.05) is 24.2 Å². The minimum absolute atomic E-state index is 0.0375. The fraction of sp³-hybridized carbons (Fsp3) is 0.333. The lowest BCUT2D eigenvalue weighted by molar-refractivity contribution is -0.132. The number of fused-ring (bicyclic) bond motifs is 1. The lowest BCUT2D eigenvalue weighted by atomic mass is 9.81. The second-order valence-electron chi connectivity index (χ2n) is 6.54. The number of aliphatic hydroxyl groups excluding tert-OH is 1. The standard InChI is InChI=1S/C21H24N2O3/c24-14-6-13-22-20(25)17-10-3-4-11-18(17)21(26)23-19-12-5-8-15-7-1-2-9-16(15)19/h1-5,7-9,12,17-18,24H,6,10-11,13-14H2,(H,22,25)(H,23,26)/t17-,18-/m1/s1. The number of allylic oxidation sites excluding steroid dienone is 2. The van der Waals surface area contributed by atoms with Crippen LogP contribution in [-0.2, 0) is 9.59 Å². The Balaban J connectivity index is 1.74. The van der Waals surface area contributed by atoms with Crippen LogP contribution in [0.1, 0.15) is 19.3 Å². The van der Waals surface area contributed by atoms with E-state index in [1.807, 2.05) is 54.6 Å². The van der Waals surface area contributed by atoms with E-state index >= 15 is 0 Å². The smallest absolute Gasteiger partial charge is 0.228 e. The Labute approximate surface area is 153 Å². The lowest BCUT2D eigenvalue weighted by Gasteiger charge is -2.27. The van der Waals surface area contributed by atoms with Crippen LogP contribution in [0.15, 0.2) is 54.6 Å². The van der Waals surface area contributed by atoms with Crippen molar-refractivity contribution >= 4 is 28.3 Å². The molecule has 3 N–H and O–H groups in total. The van der Waals surface area contributed by atoms with Gasteiger partial charge in [-0.25, -0.2) is 0 Å². The van der Waals surface area contributed by atoms with E-state index < -0.39 is 5.92 Å². The normalized spacial score (nSPS) is 19.3. The summed E-state index contributed by atoms with van der Waals surface area (Å²) in [7, 11) is 0. The summed E-state index contributed by atoms with van der Waals surface area (Å²) in [6.07, 6.45) is 5.54. The number of nitrogens with one attached hydrogen (secondary N) is 2. The minimum atomic E-state index is -0.395. The molecule has 0 fully saturated rings. The van der Waals surface area contributed by atoms with Gasteiger partial charge in [-0.3, -0.25) is 9.59 Å². The van der Waals surface area contributed by atoms with Crippen molar-refractivity contribution in [3.05, 3.63) is 54.6 Å². The topological polar surface area (TPSA) is 78.4 Å². The molecule has 3 rings (SSSR count). The number of carbonyl (C=O) groups excluding carboxylic acids is 2. The minimum Gasteiger partial charge on any atom is -0.396 e. The van der Waals surface area contributed by atoms with Crippen LogP contribution >= 0.6 is 0 Å². The van der Waals surface area contributed by atoms with Gasteiger partial charge in [0.05, 0.1) is 11.8 Å². The van der Waals surface area contributed by atoms with Crippen LogP contribution in [0.2, 0.25) is 0 Å². The Bertz CT molecular complexity index is 811. The van der Waals surface area contributed by atoms with Crippen molar-refractivity contribution in [3.8, 4) is 0 Å². The maximum Gasteiger partial charge on any atom is 0.228 e. The predicted molar refractivity (Wildman–Crippen MR) is 103 cm³/mol. The van der Waals surface area contributed by atoms with E-state index in [9.17, 15) is 9.59 Å². The summed E-state index contributed by atoms with van der Waals surface area (Å²) in [5.41, 5.74) is 0.766. The molecule has 0 saturated heterocycles. The van der Waals surface area contributed by atoms with E-state index in [0.29, 0.717) is 25.8 Å². The maximum absolute atomic E-state index is 12.9. The van der Waals surface area contributed by atoms with E-state index in [-0.39, 0.29) is 24.3 Å². The third-order valence-corrected chi connectivity index (χ3v) is 4.79. The number of aliphatic hydroxyl groups is 1.